The van der Waals surface area contributed by atoms with Gasteiger partial charge >= 0.3 is 11.9 Å². The highest BCUT2D eigenvalue weighted by Crippen LogP contribution is 2.23. The van der Waals surface area contributed by atoms with Gasteiger partial charge in [0.05, 0.1) is 13.2 Å². The number of amides is 3. The van der Waals surface area contributed by atoms with Gasteiger partial charge in [0.1, 0.15) is 42.5 Å². The van der Waals surface area contributed by atoms with Gasteiger partial charge in [0.2, 0.25) is 17.7 Å². The van der Waals surface area contributed by atoms with E-state index < -0.39 is 91.5 Å². The van der Waals surface area contributed by atoms with Gasteiger partial charge in [-0.2, -0.15) is 0 Å². The first-order valence-corrected chi connectivity index (χ1v) is 14.4. The number of aliphatic hydroxyl groups excluding tert-OH is 3. The number of carboxylic acid groups (broad SMARTS) is 1. The number of hydrogen-bond acceptors (Lipinski definition) is 11. The molecule has 0 aromatic rings. The molecule has 1 fully saturated rings. The van der Waals surface area contributed by atoms with Crippen LogP contribution < -0.4 is 16.0 Å². The van der Waals surface area contributed by atoms with E-state index in [1.807, 2.05) is 0 Å². The van der Waals surface area contributed by atoms with Crippen LogP contribution in [0.1, 0.15) is 79.1 Å². The fourth-order valence-corrected chi connectivity index (χ4v) is 4.30. The molecular weight excluding hydrogens is 558 g/mol. The minimum absolute atomic E-state index is 0.134. The maximum absolute atomic E-state index is 12.8. The summed E-state index contributed by atoms with van der Waals surface area (Å²) >= 11 is 0. The van der Waals surface area contributed by atoms with E-state index in [2.05, 4.69) is 22.9 Å². The van der Waals surface area contributed by atoms with Crippen LogP contribution in [0.25, 0.3) is 0 Å². The summed E-state index contributed by atoms with van der Waals surface area (Å²) in [4.78, 5) is 60.8. The highest BCUT2D eigenvalue weighted by molar-refractivity contribution is 5.91. The maximum Gasteiger partial charge on any atom is 0.328 e. The minimum Gasteiger partial charge on any atom is -0.481 e. The monoisotopic (exact) mass is 605 g/mol. The van der Waals surface area contributed by atoms with Gasteiger partial charge in [-0.25, -0.2) is 4.79 Å². The van der Waals surface area contributed by atoms with Crippen LogP contribution in [0.2, 0.25) is 0 Å². The molecule has 8 atom stereocenters. The Kier molecular flexibility index (Phi) is 17.1. The van der Waals surface area contributed by atoms with Crippen molar-refractivity contribution in [3.63, 3.8) is 0 Å². The van der Waals surface area contributed by atoms with Crippen LogP contribution in [0, 0.1) is 0 Å². The quantitative estimate of drug-likeness (QED) is 0.0701. The molecule has 1 rings (SSSR count). The lowest BCUT2D eigenvalue weighted by Crippen LogP contribution is -2.65. The molecule has 15 nitrogen and oxygen atoms in total. The highest BCUT2D eigenvalue weighted by atomic mass is 16.6. The average molecular weight is 606 g/mol. The van der Waals surface area contributed by atoms with E-state index in [0.29, 0.717) is 6.42 Å². The SMILES string of the molecule is CCCCCCCCOC(=O)[C@@H](CCC(=O)O)NC(=O)[C@H](C)NC(=O)[C@@H](C)O[C@H]1[C@H](O)[C@@H](CO)O[C@@H](O)[C@@H]1NC(C)=O. The van der Waals surface area contributed by atoms with Gasteiger partial charge in [-0.3, -0.25) is 19.2 Å². The molecule has 7 N–H and O–H groups in total. The molecule has 1 aliphatic rings. The molecule has 1 aliphatic heterocycles. The van der Waals surface area contributed by atoms with Crippen LogP contribution in [-0.4, -0.2) is 112 Å². The molecule has 0 saturated carbocycles. The van der Waals surface area contributed by atoms with E-state index >= 15 is 0 Å². The lowest BCUT2D eigenvalue weighted by atomic mass is 9.96. The van der Waals surface area contributed by atoms with Crippen molar-refractivity contribution < 1.29 is 58.6 Å². The number of esters is 1. The molecule has 0 aromatic heterocycles. The summed E-state index contributed by atoms with van der Waals surface area (Å²) in [7, 11) is 0. The van der Waals surface area contributed by atoms with Crippen molar-refractivity contribution >= 4 is 29.7 Å². The minimum atomic E-state index is -1.65. The van der Waals surface area contributed by atoms with Crippen LogP contribution >= 0.6 is 0 Å². The smallest absolute Gasteiger partial charge is 0.328 e. The van der Waals surface area contributed by atoms with E-state index in [1.165, 1.54) is 20.8 Å². The molecule has 0 radical (unpaired) electrons. The van der Waals surface area contributed by atoms with Gasteiger partial charge in [0, 0.05) is 13.3 Å². The predicted octanol–water partition coefficient (Wildman–Crippen LogP) is -0.907. The molecule has 0 spiro atoms. The van der Waals surface area contributed by atoms with Crippen molar-refractivity contribution in [3.8, 4) is 0 Å². The largest absolute Gasteiger partial charge is 0.481 e. The number of aliphatic hydroxyl groups is 3. The zero-order valence-electron chi connectivity index (χ0n) is 24.7. The van der Waals surface area contributed by atoms with Gasteiger partial charge in [0.25, 0.3) is 0 Å². The van der Waals surface area contributed by atoms with Gasteiger partial charge < -0.3 is 50.6 Å². The average Bonchev–Trinajstić information content (AvgIpc) is 2.93. The summed E-state index contributed by atoms with van der Waals surface area (Å²) in [5.41, 5.74) is 0. The van der Waals surface area contributed by atoms with Gasteiger partial charge in [-0.05, 0) is 26.7 Å². The van der Waals surface area contributed by atoms with Gasteiger partial charge in [0.15, 0.2) is 6.29 Å². The standard InChI is InChI=1S/C27H47N3O12/c1-5-6-7-8-9-10-13-40-26(38)18(11-12-20(33)34)30-24(36)15(2)28-25(37)16(3)41-23-21(29-17(4)32)27(39)42-19(14-31)22(23)35/h15-16,18-19,21-23,27,31,35,39H,5-14H2,1-4H3,(H,28,37)(H,29,32)(H,30,36)(H,33,34)/t15-,16+,18+,19+,21+,22+,23+,27+/m0/s1. The first-order chi connectivity index (χ1) is 19.8. The van der Waals surface area contributed by atoms with Crippen molar-refractivity contribution in [2.45, 2.75) is 128 Å². The topological polar surface area (TPSA) is 230 Å². The Morgan fingerprint density at radius 2 is 1.60 bits per heavy atom. The van der Waals surface area contributed by atoms with Crippen LogP contribution in [0.3, 0.4) is 0 Å². The fourth-order valence-electron chi connectivity index (χ4n) is 4.30. The molecule has 1 saturated heterocycles. The molecule has 15 heteroatoms. The fraction of sp³-hybridized carbons (Fsp3) is 0.815. The van der Waals surface area contributed by atoms with E-state index in [9.17, 15) is 39.3 Å². The van der Waals surface area contributed by atoms with E-state index in [-0.39, 0.29) is 13.0 Å². The molecule has 0 bridgehead atoms. The zero-order valence-corrected chi connectivity index (χ0v) is 24.7. The molecule has 42 heavy (non-hydrogen) atoms. The number of carbonyl (C=O) groups excluding carboxylic acids is 4. The normalized spacial score (nSPS) is 24.1. The summed E-state index contributed by atoms with van der Waals surface area (Å²) < 4.78 is 16.0. The lowest BCUT2D eigenvalue weighted by molar-refractivity contribution is -0.266. The number of aliphatic carboxylic acids is 1. The summed E-state index contributed by atoms with van der Waals surface area (Å²) in [6, 6.07) is -3.70. The lowest BCUT2D eigenvalue weighted by Gasteiger charge is -2.43. The third-order valence-corrected chi connectivity index (χ3v) is 6.72. The van der Waals surface area contributed by atoms with Crippen LogP contribution in [0.4, 0.5) is 0 Å². The Morgan fingerprint density at radius 3 is 2.19 bits per heavy atom. The van der Waals surface area contributed by atoms with Crippen molar-refractivity contribution in [3.05, 3.63) is 0 Å². The second kappa shape index (κ2) is 19.4. The Bertz CT molecular complexity index is 888. The van der Waals surface area contributed by atoms with E-state index in [0.717, 1.165) is 32.1 Å². The number of nitrogens with one attached hydrogen (secondary N) is 3. The van der Waals surface area contributed by atoms with Gasteiger partial charge in [-0.15, -0.1) is 0 Å². The molecule has 1 heterocycles. The van der Waals surface area contributed by atoms with E-state index in [1.54, 1.807) is 0 Å². The number of ether oxygens (including phenoxy) is 3. The number of rotatable bonds is 19. The van der Waals surface area contributed by atoms with Crippen LogP contribution in [-0.2, 0) is 38.2 Å². The predicted molar refractivity (Wildman–Crippen MR) is 147 cm³/mol. The van der Waals surface area contributed by atoms with Crippen LogP contribution in [0.15, 0.2) is 0 Å². The Balaban J connectivity index is 2.75. The first-order valence-electron chi connectivity index (χ1n) is 14.4. The first kappa shape index (κ1) is 37.2. The molecule has 0 aliphatic carbocycles. The number of hydrogen-bond donors (Lipinski definition) is 7. The third kappa shape index (κ3) is 13.0. The Morgan fingerprint density at radius 1 is 0.952 bits per heavy atom. The molecule has 3 amide bonds. The summed E-state index contributed by atoms with van der Waals surface area (Å²) in [5.74, 6) is -4.09. The third-order valence-electron chi connectivity index (χ3n) is 6.72. The summed E-state index contributed by atoms with van der Waals surface area (Å²) in [6.07, 6.45) is -1.86. The Labute approximate surface area is 245 Å². The second-order valence-electron chi connectivity index (χ2n) is 10.4. The highest BCUT2D eigenvalue weighted by Gasteiger charge is 2.47. The number of carbonyl (C=O) groups is 5. The maximum atomic E-state index is 12.8. The van der Waals surface area contributed by atoms with Crippen molar-refractivity contribution in [2.24, 2.45) is 0 Å². The zero-order chi connectivity index (χ0) is 31.8. The molecule has 0 unspecified atom stereocenters. The summed E-state index contributed by atoms with van der Waals surface area (Å²) in [5, 5.41) is 46.5. The Hall–Kier alpha value is -2.85. The van der Waals surface area contributed by atoms with Gasteiger partial charge in [-0.1, -0.05) is 39.0 Å². The summed E-state index contributed by atoms with van der Waals surface area (Å²) in [6.45, 7) is 5.38. The van der Waals surface area contributed by atoms with Crippen molar-refractivity contribution in [1.29, 1.82) is 0 Å². The van der Waals surface area contributed by atoms with Crippen LogP contribution in [0.5, 0.6) is 0 Å². The molecular formula is C27H47N3O12. The van der Waals surface area contributed by atoms with E-state index in [4.69, 9.17) is 19.3 Å². The second-order valence-corrected chi connectivity index (χ2v) is 10.4. The number of carboxylic acids is 1. The molecule has 0 aromatic carbocycles. The number of unbranched alkanes of at least 4 members (excludes halogenated alkanes) is 5. The molecule has 242 valence electrons. The van der Waals surface area contributed by atoms with Crippen molar-refractivity contribution in [1.82, 2.24) is 16.0 Å². The van der Waals surface area contributed by atoms with Crippen molar-refractivity contribution in [2.75, 3.05) is 13.2 Å².